The summed E-state index contributed by atoms with van der Waals surface area (Å²) in [5.74, 6) is -0.387. The van der Waals surface area contributed by atoms with Crippen molar-refractivity contribution in [1.82, 2.24) is 26.5 Å². The van der Waals surface area contributed by atoms with Crippen LogP contribution in [-0.4, -0.2) is 40.8 Å². The Bertz CT molecular complexity index is 772. The lowest BCUT2D eigenvalue weighted by molar-refractivity contribution is -0.121. The zero-order valence-electron chi connectivity index (χ0n) is 16.5. The van der Waals surface area contributed by atoms with E-state index in [-0.39, 0.29) is 48.0 Å². The molecule has 0 bridgehead atoms. The smallest absolute Gasteiger partial charge is 0.407 e. The van der Waals surface area contributed by atoms with Gasteiger partial charge in [-0.25, -0.2) is 14.6 Å². The summed E-state index contributed by atoms with van der Waals surface area (Å²) in [5.41, 5.74) is 6.40. The van der Waals surface area contributed by atoms with E-state index in [9.17, 15) is 14.0 Å². The molecule has 2 aliphatic carbocycles. The normalized spacial score (nSPS) is 30.0. The minimum atomic E-state index is -0.477. The van der Waals surface area contributed by atoms with Gasteiger partial charge in [-0.3, -0.25) is 15.2 Å². The standard InChI is InChI=1S/C20H28FN5O3/c1-20(6-7-20)24-19(28)29-13-5-4-12(9-13)15-10-17(26-25-15)23-18(27)11-16-14(21)3-2-8-22-16/h2-3,8,12-13,15,17,25-26H,4-7,9-11H2,1H3,(H,23,27)(H,24,28)/t12-,13+,15?,17?/m0/s1. The topological polar surface area (TPSA) is 104 Å². The first-order valence-corrected chi connectivity index (χ1v) is 10.3. The summed E-state index contributed by atoms with van der Waals surface area (Å²) in [6.45, 7) is 2.02. The molecule has 1 saturated heterocycles. The molecule has 3 aliphatic rings. The van der Waals surface area contributed by atoms with Gasteiger partial charge in [-0.05, 0) is 63.5 Å². The van der Waals surface area contributed by atoms with Crippen LogP contribution in [0, 0.1) is 11.7 Å². The molecule has 9 heteroatoms. The molecule has 1 aromatic rings. The van der Waals surface area contributed by atoms with Gasteiger partial charge < -0.3 is 15.4 Å². The van der Waals surface area contributed by atoms with Gasteiger partial charge in [0, 0.05) is 17.8 Å². The number of amides is 2. The summed E-state index contributed by atoms with van der Waals surface area (Å²) in [5, 5.41) is 5.80. The van der Waals surface area contributed by atoms with Crippen LogP contribution in [0.3, 0.4) is 0 Å². The van der Waals surface area contributed by atoms with Crippen LogP contribution >= 0.6 is 0 Å². The fraction of sp³-hybridized carbons (Fsp3) is 0.650. The average molecular weight is 405 g/mol. The van der Waals surface area contributed by atoms with Crippen LogP contribution < -0.4 is 21.5 Å². The number of hydrogen-bond acceptors (Lipinski definition) is 6. The van der Waals surface area contributed by atoms with Crippen LogP contribution in [-0.2, 0) is 16.0 Å². The molecule has 4 atom stereocenters. The molecule has 2 unspecified atom stereocenters. The largest absolute Gasteiger partial charge is 0.446 e. The summed E-state index contributed by atoms with van der Waals surface area (Å²) >= 11 is 0. The number of hydrazine groups is 1. The summed E-state index contributed by atoms with van der Waals surface area (Å²) < 4.78 is 19.2. The maximum absolute atomic E-state index is 13.6. The zero-order valence-corrected chi connectivity index (χ0v) is 16.5. The summed E-state index contributed by atoms with van der Waals surface area (Å²) in [4.78, 5) is 28.1. The molecule has 8 nitrogen and oxygen atoms in total. The number of rotatable bonds is 6. The molecule has 2 heterocycles. The molecule has 3 fully saturated rings. The van der Waals surface area contributed by atoms with E-state index in [1.807, 2.05) is 6.92 Å². The maximum atomic E-state index is 13.6. The molecule has 0 radical (unpaired) electrons. The van der Waals surface area contributed by atoms with Crippen molar-refractivity contribution >= 4 is 12.0 Å². The first-order valence-electron chi connectivity index (χ1n) is 10.3. The number of carbonyl (C=O) groups is 2. The first-order chi connectivity index (χ1) is 13.9. The third-order valence-corrected chi connectivity index (χ3v) is 6.10. The minimum Gasteiger partial charge on any atom is -0.446 e. The molecule has 0 aromatic carbocycles. The second-order valence-corrected chi connectivity index (χ2v) is 8.65. The first kappa shape index (κ1) is 20.0. The number of nitrogens with zero attached hydrogens (tertiary/aromatic N) is 1. The van der Waals surface area contributed by atoms with Crippen LogP contribution in [0.2, 0.25) is 0 Å². The second kappa shape index (κ2) is 8.23. The van der Waals surface area contributed by atoms with Gasteiger partial charge in [0.25, 0.3) is 0 Å². The highest BCUT2D eigenvalue weighted by Gasteiger charge is 2.41. The van der Waals surface area contributed by atoms with E-state index in [1.54, 1.807) is 0 Å². The molecule has 29 heavy (non-hydrogen) atoms. The molecule has 1 aliphatic heterocycles. The van der Waals surface area contributed by atoms with Crippen LogP contribution in [0.4, 0.5) is 9.18 Å². The fourth-order valence-electron chi connectivity index (χ4n) is 4.12. The van der Waals surface area contributed by atoms with Crippen molar-refractivity contribution in [2.75, 3.05) is 0 Å². The van der Waals surface area contributed by atoms with E-state index < -0.39 is 5.82 Å². The Hall–Kier alpha value is -2.26. The molecule has 0 spiro atoms. The molecule has 1 aromatic heterocycles. The Labute approximate surface area is 169 Å². The average Bonchev–Trinajstić information content (AvgIpc) is 3.06. The van der Waals surface area contributed by atoms with Gasteiger partial charge >= 0.3 is 6.09 Å². The lowest BCUT2D eigenvalue weighted by atomic mass is 9.96. The fourth-order valence-corrected chi connectivity index (χ4v) is 4.12. The van der Waals surface area contributed by atoms with E-state index in [4.69, 9.17) is 4.74 Å². The quantitative estimate of drug-likeness (QED) is 0.572. The van der Waals surface area contributed by atoms with E-state index in [0.29, 0.717) is 5.92 Å². The molecule has 4 rings (SSSR count). The Morgan fingerprint density at radius 1 is 1.31 bits per heavy atom. The Morgan fingerprint density at radius 2 is 2.14 bits per heavy atom. The predicted molar refractivity (Wildman–Crippen MR) is 103 cm³/mol. The Kier molecular flexibility index (Phi) is 5.69. The lowest BCUT2D eigenvalue weighted by Crippen LogP contribution is -2.45. The molecule has 4 N–H and O–H groups in total. The van der Waals surface area contributed by atoms with E-state index >= 15 is 0 Å². The van der Waals surface area contributed by atoms with E-state index in [2.05, 4.69) is 26.5 Å². The number of aromatic nitrogens is 1. The zero-order chi connectivity index (χ0) is 20.4. The number of carbonyl (C=O) groups excluding carboxylic acids is 2. The Morgan fingerprint density at radius 3 is 2.90 bits per heavy atom. The van der Waals surface area contributed by atoms with E-state index in [0.717, 1.165) is 38.5 Å². The van der Waals surface area contributed by atoms with Gasteiger partial charge in [-0.1, -0.05) is 0 Å². The molecular weight excluding hydrogens is 377 g/mol. The highest BCUT2D eigenvalue weighted by atomic mass is 19.1. The van der Waals surface area contributed by atoms with Crippen LogP contribution in [0.1, 0.15) is 51.1 Å². The van der Waals surface area contributed by atoms with Crippen LogP contribution in [0.15, 0.2) is 18.3 Å². The highest BCUT2D eigenvalue weighted by Crippen LogP contribution is 2.36. The third kappa shape index (κ3) is 5.22. The lowest BCUT2D eigenvalue weighted by Gasteiger charge is -2.19. The molecule has 158 valence electrons. The van der Waals surface area contributed by atoms with Crippen molar-refractivity contribution in [3.05, 3.63) is 29.8 Å². The highest BCUT2D eigenvalue weighted by molar-refractivity contribution is 5.78. The summed E-state index contributed by atoms with van der Waals surface area (Å²) in [6.07, 6.45) is 6.13. The molecular formula is C20H28FN5O3. The molecule has 2 saturated carbocycles. The molecule has 2 amide bonds. The van der Waals surface area contributed by atoms with Gasteiger partial charge in [0.1, 0.15) is 11.9 Å². The van der Waals surface area contributed by atoms with Crippen molar-refractivity contribution in [3.63, 3.8) is 0 Å². The SMILES string of the molecule is CC1(NC(=O)O[C@@H]2CC[C@H](C3CC(NC(=O)Cc4ncccc4F)NN3)C2)CC1. The van der Waals surface area contributed by atoms with E-state index in [1.165, 1.54) is 18.3 Å². The minimum absolute atomic E-state index is 0.0649. The summed E-state index contributed by atoms with van der Waals surface area (Å²) in [7, 11) is 0. The van der Waals surface area contributed by atoms with Crippen molar-refractivity contribution < 1.29 is 18.7 Å². The number of pyridine rings is 1. The number of halogens is 1. The van der Waals surface area contributed by atoms with Crippen LogP contribution in [0.5, 0.6) is 0 Å². The van der Waals surface area contributed by atoms with Gasteiger partial charge in [-0.15, -0.1) is 0 Å². The second-order valence-electron chi connectivity index (χ2n) is 8.65. The summed E-state index contributed by atoms with van der Waals surface area (Å²) in [6, 6.07) is 2.98. The monoisotopic (exact) mass is 405 g/mol. The van der Waals surface area contributed by atoms with Gasteiger partial charge in [-0.2, -0.15) is 0 Å². The number of alkyl carbamates (subject to hydrolysis) is 1. The van der Waals surface area contributed by atoms with Gasteiger partial charge in [0.2, 0.25) is 5.91 Å². The number of hydrogen-bond donors (Lipinski definition) is 4. The Balaban J connectivity index is 1.19. The third-order valence-electron chi connectivity index (χ3n) is 6.10. The van der Waals surface area contributed by atoms with Crippen molar-refractivity contribution in [2.24, 2.45) is 5.92 Å². The van der Waals surface area contributed by atoms with Crippen molar-refractivity contribution in [2.45, 2.75) is 75.7 Å². The van der Waals surface area contributed by atoms with Crippen LogP contribution in [0.25, 0.3) is 0 Å². The van der Waals surface area contributed by atoms with Gasteiger partial charge in [0.15, 0.2) is 0 Å². The van der Waals surface area contributed by atoms with Crippen molar-refractivity contribution in [1.29, 1.82) is 0 Å². The number of nitrogens with one attached hydrogen (secondary N) is 4. The number of ether oxygens (including phenoxy) is 1. The maximum Gasteiger partial charge on any atom is 0.407 e. The predicted octanol–water partition coefficient (Wildman–Crippen LogP) is 1.52. The van der Waals surface area contributed by atoms with Gasteiger partial charge in [0.05, 0.1) is 18.3 Å². The van der Waals surface area contributed by atoms with Crippen molar-refractivity contribution in [3.8, 4) is 0 Å².